The maximum absolute atomic E-state index is 12.8. The van der Waals surface area contributed by atoms with Gasteiger partial charge < -0.3 is 0 Å². The number of hydrogen-bond donors (Lipinski definition) is 0. The second-order valence-corrected chi connectivity index (χ2v) is 6.47. The van der Waals surface area contributed by atoms with E-state index in [1.807, 2.05) is 0 Å². The molecule has 0 saturated carbocycles. The minimum Gasteiger partial charge on any atom is -0.243 e. The van der Waals surface area contributed by atoms with E-state index in [4.69, 9.17) is 11.6 Å². The molecular weight excluding hydrogens is 404 g/mol. The smallest absolute Gasteiger partial charge is 0.243 e. The van der Waals surface area contributed by atoms with Gasteiger partial charge in [0.15, 0.2) is 0 Å². The molecule has 0 aliphatic heterocycles. The summed E-state index contributed by atoms with van der Waals surface area (Å²) in [6, 6.07) is 9.01. The highest BCUT2D eigenvalue weighted by Crippen LogP contribution is 2.38. The summed E-state index contributed by atoms with van der Waals surface area (Å²) < 4.78 is 76.5. The molecule has 0 N–H and O–H groups in total. The van der Waals surface area contributed by atoms with Gasteiger partial charge in [0.25, 0.3) is 0 Å². The molecule has 0 unspecified atom stereocenters. The van der Waals surface area contributed by atoms with E-state index in [9.17, 15) is 26.3 Å². The molecule has 8 heteroatoms. The predicted molar refractivity (Wildman–Crippen MR) is 94.9 cm³/mol. The first-order chi connectivity index (χ1) is 13.0. The molecule has 3 aromatic rings. The number of pyridine rings is 1. The molecular formula is C20H12ClF6N. The minimum absolute atomic E-state index is 0.0907. The Hall–Kier alpha value is -2.54. The van der Waals surface area contributed by atoms with Crippen molar-refractivity contribution in [3.63, 3.8) is 0 Å². The van der Waals surface area contributed by atoms with Crippen LogP contribution in [-0.2, 0) is 12.4 Å². The van der Waals surface area contributed by atoms with Gasteiger partial charge in [-0.05, 0) is 47.9 Å². The molecule has 0 fully saturated rings. The summed E-state index contributed by atoms with van der Waals surface area (Å²) in [6.07, 6.45) is -7.48. The number of rotatable bonds is 2. The van der Waals surface area contributed by atoms with Crippen molar-refractivity contribution in [2.24, 2.45) is 0 Å². The van der Waals surface area contributed by atoms with Crippen molar-refractivity contribution in [1.29, 1.82) is 0 Å². The quantitative estimate of drug-likeness (QED) is 0.313. The fraction of sp³-hybridized carbons (Fsp3) is 0.150. The van der Waals surface area contributed by atoms with Crippen molar-refractivity contribution >= 4 is 11.6 Å². The van der Waals surface area contributed by atoms with Gasteiger partial charge in [-0.25, -0.2) is 4.98 Å². The van der Waals surface area contributed by atoms with E-state index >= 15 is 0 Å². The van der Waals surface area contributed by atoms with Crippen molar-refractivity contribution in [2.45, 2.75) is 19.3 Å². The Morgan fingerprint density at radius 2 is 1.14 bits per heavy atom. The van der Waals surface area contributed by atoms with Gasteiger partial charge in [0.1, 0.15) is 5.15 Å². The largest absolute Gasteiger partial charge is 0.416 e. The monoisotopic (exact) mass is 415 g/mol. The summed E-state index contributed by atoms with van der Waals surface area (Å²) in [6.45, 7) is 1.69. The van der Waals surface area contributed by atoms with Crippen LogP contribution in [0.15, 0.2) is 54.7 Å². The zero-order chi connectivity index (χ0) is 20.7. The van der Waals surface area contributed by atoms with Crippen LogP contribution >= 0.6 is 11.6 Å². The average molecular weight is 416 g/mol. The third kappa shape index (κ3) is 3.99. The van der Waals surface area contributed by atoms with Gasteiger partial charge in [-0.15, -0.1) is 0 Å². The van der Waals surface area contributed by atoms with Crippen molar-refractivity contribution in [3.8, 4) is 22.3 Å². The Labute approximate surface area is 161 Å². The average Bonchev–Trinajstić information content (AvgIpc) is 2.61. The second kappa shape index (κ2) is 7.13. The first-order valence-corrected chi connectivity index (χ1v) is 8.36. The van der Waals surface area contributed by atoms with E-state index in [2.05, 4.69) is 4.98 Å². The highest BCUT2D eigenvalue weighted by atomic mass is 35.5. The van der Waals surface area contributed by atoms with Crippen LogP contribution < -0.4 is 0 Å². The second-order valence-electron chi connectivity index (χ2n) is 6.11. The molecule has 1 nitrogen and oxygen atoms in total. The zero-order valence-corrected chi connectivity index (χ0v) is 15.0. The molecule has 0 amide bonds. The molecule has 1 heterocycles. The van der Waals surface area contributed by atoms with Crippen LogP contribution in [0.1, 0.15) is 16.7 Å². The summed E-state index contributed by atoms with van der Waals surface area (Å²) in [7, 11) is 0. The summed E-state index contributed by atoms with van der Waals surface area (Å²) >= 11 is 6.16. The highest BCUT2D eigenvalue weighted by Gasteiger charge is 2.31. The van der Waals surface area contributed by atoms with E-state index in [1.54, 1.807) is 6.92 Å². The minimum atomic E-state index is -4.46. The van der Waals surface area contributed by atoms with E-state index < -0.39 is 23.5 Å². The summed E-state index contributed by atoms with van der Waals surface area (Å²) in [5.41, 5.74) is 0.899. The van der Waals surface area contributed by atoms with Crippen molar-refractivity contribution < 1.29 is 26.3 Å². The molecule has 146 valence electrons. The van der Waals surface area contributed by atoms with Crippen LogP contribution in [0, 0.1) is 6.92 Å². The molecule has 0 bridgehead atoms. The highest BCUT2D eigenvalue weighted by molar-refractivity contribution is 6.32. The lowest BCUT2D eigenvalue weighted by Gasteiger charge is -2.15. The zero-order valence-electron chi connectivity index (χ0n) is 14.3. The standard InChI is InChI=1S/C20H12ClF6N/c1-11-16(12-2-6-14(7-3-12)19(22,23)24)10-28-18(21)17(11)13-4-8-15(9-5-13)20(25,26)27/h2-10H,1H3. The molecule has 0 aliphatic carbocycles. The molecule has 0 aliphatic rings. The van der Waals surface area contributed by atoms with Gasteiger partial charge in [0.05, 0.1) is 11.1 Å². The summed E-state index contributed by atoms with van der Waals surface area (Å²) in [5.74, 6) is 0. The first kappa shape index (κ1) is 20.2. The van der Waals surface area contributed by atoms with Gasteiger partial charge in [-0.1, -0.05) is 35.9 Å². The number of nitrogens with zero attached hydrogens (tertiary/aromatic N) is 1. The van der Waals surface area contributed by atoms with Crippen LogP contribution in [0.5, 0.6) is 0 Å². The number of halogens is 7. The van der Waals surface area contributed by atoms with Gasteiger partial charge in [-0.3, -0.25) is 0 Å². The molecule has 3 rings (SSSR count). The maximum Gasteiger partial charge on any atom is 0.416 e. The molecule has 1 aromatic heterocycles. The predicted octanol–water partition coefficient (Wildman–Crippen LogP) is 7.42. The van der Waals surface area contributed by atoms with E-state index in [0.717, 1.165) is 24.3 Å². The summed E-state index contributed by atoms with van der Waals surface area (Å²) in [4.78, 5) is 4.06. The Morgan fingerprint density at radius 1 is 0.714 bits per heavy atom. The van der Waals surface area contributed by atoms with Crippen molar-refractivity contribution in [1.82, 2.24) is 4.98 Å². The van der Waals surface area contributed by atoms with Gasteiger partial charge in [0.2, 0.25) is 0 Å². The molecule has 2 aromatic carbocycles. The van der Waals surface area contributed by atoms with Crippen LogP contribution in [0.3, 0.4) is 0 Å². The normalized spacial score (nSPS) is 12.3. The molecule has 28 heavy (non-hydrogen) atoms. The van der Waals surface area contributed by atoms with Crippen LogP contribution in [-0.4, -0.2) is 4.98 Å². The van der Waals surface area contributed by atoms with Gasteiger partial charge >= 0.3 is 12.4 Å². The van der Waals surface area contributed by atoms with E-state index in [0.29, 0.717) is 27.8 Å². The molecule has 0 spiro atoms. The number of hydrogen-bond acceptors (Lipinski definition) is 1. The van der Waals surface area contributed by atoms with Gasteiger partial charge in [0, 0.05) is 17.3 Å². The fourth-order valence-corrected chi connectivity index (χ4v) is 3.16. The lowest BCUT2D eigenvalue weighted by Crippen LogP contribution is -2.04. The van der Waals surface area contributed by atoms with Crippen molar-refractivity contribution in [2.75, 3.05) is 0 Å². The SMILES string of the molecule is Cc1c(-c2ccc(C(F)(F)F)cc2)cnc(Cl)c1-c1ccc(C(F)(F)F)cc1. The third-order valence-electron chi connectivity index (χ3n) is 4.32. The van der Waals surface area contributed by atoms with Crippen molar-refractivity contribution in [3.05, 3.63) is 76.6 Å². The maximum atomic E-state index is 12.8. The van der Waals surface area contributed by atoms with Crippen LogP contribution in [0.2, 0.25) is 5.15 Å². The topological polar surface area (TPSA) is 12.9 Å². The molecule has 0 radical (unpaired) electrons. The van der Waals surface area contributed by atoms with Gasteiger partial charge in [-0.2, -0.15) is 26.3 Å². The fourth-order valence-electron chi connectivity index (χ4n) is 2.86. The number of benzene rings is 2. The Morgan fingerprint density at radius 3 is 1.57 bits per heavy atom. The molecule has 0 saturated heterocycles. The Balaban J connectivity index is 2.06. The molecule has 0 atom stereocenters. The lowest BCUT2D eigenvalue weighted by atomic mass is 9.94. The number of alkyl halides is 6. The van der Waals surface area contributed by atoms with E-state index in [1.165, 1.54) is 30.5 Å². The van der Waals surface area contributed by atoms with E-state index in [-0.39, 0.29) is 5.15 Å². The Kier molecular flexibility index (Phi) is 5.14. The number of aromatic nitrogens is 1. The van der Waals surface area contributed by atoms with Crippen LogP contribution in [0.25, 0.3) is 22.3 Å². The summed E-state index contributed by atoms with van der Waals surface area (Å²) in [5, 5.41) is 0.0907. The third-order valence-corrected chi connectivity index (χ3v) is 4.60. The Bertz CT molecular complexity index is 989. The van der Waals surface area contributed by atoms with Crippen LogP contribution in [0.4, 0.5) is 26.3 Å². The lowest BCUT2D eigenvalue weighted by molar-refractivity contribution is -0.138. The first-order valence-electron chi connectivity index (χ1n) is 7.99.